The molecule has 1 aliphatic heterocycles. The van der Waals surface area contributed by atoms with E-state index in [9.17, 15) is 0 Å². The summed E-state index contributed by atoms with van der Waals surface area (Å²) in [5.41, 5.74) is 15.0. The number of nitrogens with zero attached hydrogens (tertiary/aromatic N) is 2. The van der Waals surface area contributed by atoms with E-state index in [2.05, 4.69) is 0 Å². The lowest BCUT2D eigenvalue weighted by atomic mass is 10.1. The summed E-state index contributed by atoms with van der Waals surface area (Å²) in [6.45, 7) is 3.61. The second-order valence-corrected chi connectivity index (χ2v) is 3.40. The Hall–Kier alpha value is -1.46. The Kier molecular flexibility index (Phi) is 1.98. The molecular weight excluding hydrogens is 178 g/mol. The zero-order valence-electron chi connectivity index (χ0n) is 8.20. The van der Waals surface area contributed by atoms with E-state index in [-0.39, 0.29) is 0 Å². The number of rotatable bonds is 1. The van der Waals surface area contributed by atoms with Gasteiger partial charge in [-0.15, -0.1) is 0 Å². The van der Waals surface area contributed by atoms with Crippen LogP contribution < -0.4 is 22.4 Å². The quantitative estimate of drug-likeness (QED) is 0.440. The molecule has 0 unspecified atom stereocenters. The summed E-state index contributed by atoms with van der Waals surface area (Å²) in [5.74, 6) is 5.89. The summed E-state index contributed by atoms with van der Waals surface area (Å²) in [6, 6.07) is 3.61. The molecule has 0 spiro atoms. The number of nitrogens with two attached hydrogens (primary N) is 3. The number of hydrogen-bond acceptors (Lipinski definition) is 5. The maximum absolute atomic E-state index is 5.89. The highest BCUT2D eigenvalue weighted by Crippen LogP contribution is 2.37. The van der Waals surface area contributed by atoms with Gasteiger partial charge in [0, 0.05) is 24.3 Å². The molecule has 5 nitrogen and oxygen atoms in total. The van der Waals surface area contributed by atoms with E-state index in [0.717, 1.165) is 30.0 Å². The highest BCUT2D eigenvalue weighted by atomic mass is 15.8. The predicted molar refractivity (Wildman–Crippen MR) is 58.0 cm³/mol. The molecule has 5 heteroatoms. The van der Waals surface area contributed by atoms with Crippen LogP contribution in [0.1, 0.15) is 12.5 Å². The monoisotopic (exact) mass is 193 g/mol. The largest absolute Gasteiger partial charge is 0.398 e. The average molecular weight is 193 g/mol. The molecule has 1 heterocycles. The first-order chi connectivity index (χ1) is 6.65. The molecule has 6 N–H and O–H groups in total. The van der Waals surface area contributed by atoms with E-state index in [1.165, 1.54) is 0 Å². The summed E-state index contributed by atoms with van der Waals surface area (Å²) in [7, 11) is 0. The fourth-order valence-electron chi connectivity index (χ4n) is 1.77. The van der Waals surface area contributed by atoms with Gasteiger partial charge < -0.3 is 11.5 Å². The standard InChI is InChI=1S/C9H15N5/c1-2-13-5-6-7(10)3-4-8(11)9(6)14(13)12/h3-4H,2,5,10-12H2,1H3. The second-order valence-electron chi connectivity index (χ2n) is 3.40. The van der Waals surface area contributed by atoms with Crippen LogP contribution in [0.4, 0.5) is 17.1 Å². The number of hydrogen-bond donors (Lipinski definition) is 3. The summed E-state index contributed by atoms with van der Waals surface area (Å²) in [4.78, 5) is 0. The van der Waals surface area contributed by atoms with Crippen molar-refractivity contribution in [1.82, 2.24) is 5.01 Å². The van der Waals surface area contributed by atoms with Gasteiger partial charge in [0.25, 0.3) is 0 Å². The summed E-state index contributed by atoms with van der Waals surface area (Å²) >= 11 is 0. The Morgan fingerprint density at radius 2 is 1.93 bits per heavy atom. The first kappa shape index (κ1) is 9.11. The molecule has 0 radical (unpaired) electrons. The van der Waals surface area contributed by atoms with Crippen LogP contribution in [0.3, 0.4) is 0 Å². The Labute approximate surface area is 83.0 Å². The van der Waals surface area contributed by atoms with Gasteiger partial charge in [-0.25, -0.2) is 16.0 Å². The Balaban J connectivity index is 2.52. The maximum atomic E-state index is 5.89. The van der Waals surface area contributed by atoms with Gasteiger partial charge in [-0.05, 0) is 12.1 Å². The molecule has 76 valence electrons. The van der Waals surface area contributed by atoms with Crippen LogP contribution in [-0.2, 0) is 6.54 Å². The van der Waals surface area contributed by atoms with Gasteiger partial charge in [-0.1, -0.05) is 6.92 Å². The molecule has 1 aliphatic rings. The normalized spacial score (nSPS) is 16.0. The Bertz CT molecular complexity index is 362. The third kappa shape index (κ3) is 1.10. The maximum Gasteiger partial charge on any atom is 0.0997 e. The average Bonchev–Trinajstić information content (AvgIpc) is 2.51. The van der Waals surface area contributed by atoms with Crippen LogP contribution in [-0.4, -0.2) is 11.6 Å². The van der Waals surface area contributed by atoms with E-state index >= 15 is 0 Å². The molecule has 1 aromatic carbocycles. The van der Waals surface area contributed by atoms with Crippen molar-refractivity contribution in [3.05, 3.63) is 17.7 Å². The van der Waals surface area contributed by atoms with E-state index in [0.29, 0.717) is 5.69 Å². The molecule has 0 bridgehead atoms. The number of fused-ring (bicyclic) bond motifs is 1. The third-order valence-electron chi connectivity index (χ3n) is 2.59. The number of benzene rings is 1. The van der Waals surface area contributed by atoms with Crippen molar-refractivity contribution >= 4 is 17.1 Å². The van der Waals surface area contributed by atoms with Crippen molar-refractivity contribution in [2.75, 3.05) is 23.1 Å². The summed E-state index contributed by atoms with van der Waals surface area (Å²) in [6.07, 6.45) is 0. The van der Waals surface area contributed by atoms with E-state index in [1.54, 1.807) is 11.2 Å². The molecule has 0 aliphatic carbocycles. The van der Waals surface area contributed by atoms with E-state index in [4.69, 9.17) is 17.3 Å². The van der Waals surface area contributed by atoms with Crippen LogP contribution in [0.2, 0.25) is 0 Å². The molecule has 0 fully saturated rings. The fraction of sp³-hybridized carbons (Fsp3) is 0.333. The van der Waals surface area contributed by atoms with Crippen LogP contribution in [0.25, 0.3) is 0 Å². The van der Waals surface area contributed by atoms with E-state index in [1.807, 2.05) is 18.0 Å². The van der Waals surface area contributed by atoms with Crippen molar-refractivity contribution in [3.63, 3.8) is 0 Å². The van der Waals surface area contributed by atoms with Gasteiger partial charge in [-0.2, -0.15) is 0 Å². The highest BCUT2D eigenvalue weighted by molar-refractivity contribution is 5.78. The van der Waals surface area contributed by atoms with Crippen molar-refractivity contribution in [2.45, 2.75) is 13.5 Å². The molecule has 0 saturated heterocycles. The van der Waals surface area contributed by atoms with Gasteiger partial charge in [0.15, 0.2) is 0 Å². The predicted octanol–water partition coefficient (Wildman–Crippen LogP) is 0.282. The molecule has 14 heavy (non-hydrogen) atoms. The Morgan fingerprint density at radius 1 is 1.29 bits per heavy atom. The minimum absolute atomic E-state index is 0.674. The SMILES string of the molecule is CCN1Cc2c(N)ccc(N)c2N1N. The second kappa shape index (κ2) is 3.04. The lowest BCUT2D eigenvalue weighted by molar-refractivity contribution is 0.280. The van der Waals surface area contributed by atoms with Crippen molar-refractivity contribution in [1.29, 1.82) is 0 Å². The molecule has 1 aromatic rings. The third-order valence-corrected chi connectivity index (χ3v) is 2.59. The summed E-state index contributed by atoms with van der Waals surface area (Å²) < 4.78 is 0. The van der Waals surface area contributed by atoms with Crippen LogP contribution >= 0.6 is 0 Å². The van der Waals surface area contributed by atoms with Crippen molar-refractivity contribution in [3.8, 4) is 0 Å². The van der Waals surface area contributed by atoms with Gasteiger partial charge >= 0.3 is 0 Å². The first-order valence-electron chi connectivity index (χ1n) is 4.61. The molecule has 0 atom stereocenters. The summed E-state index contributed by atoms with van der Waals surface area (Å²) in [5, 5.41) is 3.57. The smallest absolute Gasteiger partial charge is 0.0997 e. The van der Waals surface area contributed by atoms with Gasteiger partial charge in [-0.3, -0.25) is 0 Å². The first-order valence-corrected chi connectivity index (χ1v) is 4.61. The number of hydrazine groups is 2. The van der Waals surface area contributed by atoms with Crippen LogP contribution in [0.5, 0.6) is 0 Å². The lowest BCUT2D eigenvalue weighted by Gasteiger charge is -2.24. The fourth-order valence-corrected chi connectivity index (χ4v) is 1.77. The molecule has 0 amide bonds. The molecular formula is C9H15N5. The molecule has 0 saturated carbocycles. The molecule has 0 aromatic heterocycles. The minimum atomic E-state index is 0.674. The molecule has 2 rings (SSSR count). The zero-order chi connectivity index (χ0) is 10.3. The zero-order valence-corrected chi connectivity index (χ0v) is 8.20. The highest BCUT2D eigenvalue weighted by Gasteiger charge is 2.27. The topological polar surface area (TPSA) is 84.5 Å². The van der Waals surface area contributed by atoms with Gasteiger partial charge in [0.2, 0.25) is 0 Å². The minimum Gasteiger partial charge on any atom is -0.398 e. The van der Waals surface area contributed by atoms with Crippen LogP contribution in [0, 0.1) is 0 Å². The Morgan fingerprint density at radius 3 is 2.50 bits per heavy atom. The van der Waals surface area contributed by atoms with Gasteiger partial charge in [0.05, 0.1) is 11.4 Å². The van der Waals surface area contributed by atoms with Crippen LogP contribution in [0.15, 0.2) is 12.1 Å². The number of anilines is 3. The van der Waals surface area contributed by atoms with Crippen molar-refractivity contribution < 1.29 is 0 Å². The lowest BCUT2D eigenvalue weighted by Crippen LogP contribution is -2.43. The van der Waals surface area contributed by atoms with E-state index < -0.39 is 0 Å². The number of nitrogen functional groups attached to an aromatic ring is 2. The van der Waals surface area contributed by atoms with Crippen molar-refractivity contribution in [2.24, 2.45) is 5.84 Å². The van der Waals surface area contributed by atoms with Gasteiger partial charge in [0.1, 0.15) is 0 Å².